The Hall–Kier alpha value is 0.0600. The van der Waals surface area contributed by atoms with Crippen LogP contribution < -0.4 is 5.32 Å². The highest BCUT2D eigenvalue weighted by molar-refractivity contribution is 14.1. The fourth-order valence-electron chi connectivity index (χ4n) is 0.831. The lowest BCUT2D eigenvalue weighted by Gasteiger charge is -2.11. The lowest BCUT2D eigenvalue weighted by molar-refractivity contribution is 1.45. The summed E-state index contributed by atoms with van der Waals surface area (Å²) in [6.07, 6.45) is 0. The first kappa shape index (κ1) is 10.1. The van der Waals surface area contributed by atoms with E-state index in [1.807, 2.05) is 12.1 Å². The highest BCUT2D eigenvalue weighted by Gasteiger charge is 1.96. The number of rotatable bonds is 1. The van der Waals surface area contributed by atoms with Crippen LogP contribution in [0, 0.1) is 10.5 Å². The Labute approximate surface area is 96.5 Å². The topological polar surface area (TPSA) is 12.0 Å². The van der Waals surface area contributed by atoms with E-state index in [1.54, 1.807) is 0 Å². The van der Waals surface area contributed by atoms with E-state index in [0.29, 0.717) is 4.32 Å². The van der Waals surface area contributed by atoms with Crippen LogP contribution in [0.4, 0.5) is 5.69 Å². The van der Waals surface area contributed by atoms with Crippen LogP contribution in [0.3, 0.4) is 0 Å². The van der Waals surface area contributed by atoms with Gasteiger partial charge in [0.05, 0.1) is 5.69 Å². The first-order chi connectivity index (χ1) is 5.59. The number of halogens is 1. The van der Waals surface area contributed by atoms with Crippen LogP contribution in [0.1, 0.15) is 5.56 Å². The van der Waals surface area contributed by atoms with Gasteiger partial charge in [-0.25, -0.2) is 0 Å². The van der Waals surface area contributed by atoms with Gasteiger partial charge in [-0.15, -0.1) is 0 Å². The van der Waals surface area contributed by atoms with Gasteiger partial charge in [0, 0.05) is 3.57 Å². The molecule has 0 spiro atoms. The molecule has 0 aliphatic carbocycles. The average molecular weight is 308 g/mol. The van der Waals surface area contributed by atoms with Crippen molar-refractivity contribution in [2.24, 2.45) is 0 Å². The molecule has 0 heterocycles. The molecule has 1 N–H and O–H groups in total. The first-order valence-electron chi connectivity index (χ1n) is 3.34. The Morgan fingerprint density at radius 1 is 1.58 bits per heavy atom. The van der Waals surface area contributed by atoms with Gasteiger partial charge < -0.3 is 30.2 Å². The lowest BCUT2D eigenvalue weighted by atomic mass is 10.2. The molecule has 1 aromatic rings. The highest BCUT2D eigenvalue weighted by Crippen LogP contribution is 2.19. The number of anilines is 1. The molecule has 0 atom stereocenters. The summed E-state index contributed by atoms with van der Waals surface area (Å²) in [5.74, 6) is 0. The summed E-state index contributed by atoms with van der Waals surface area (Å²) < 4.78 is 1.52. The van der Waals surface area contributed by atoms with E-state index in [4.69, 9.17) is 24.8 Å². The van der Waals surface area contributed by atoms with Crippen molar-refractivity contribution < 1.29 is 0 Å². The minimum Gasteiger partial charge on any atom is -0.411 e. The molecular weight excluding hydrogens is 301 g/mol. The van der Waals surface area contributed by atoms with Crippen LogP contribution in [0.2, 0.25) is 0 Å². The van der Waals surface area contributed by atoms with Crippen LogP contribution >= 0.6 is 34.8 Å². The summed E-state index contributed by atoms with van der Waals surface area (Å²) in [4.78, 5) is 0. The fraction of sp³-hybridized carbons (Fsp3) is 0.125. The fourth-order valence-corrected chi connectivity index (χ4v) is 1.86. The van der Waals surface area contributed by atoms with Crippen molar-refractivity contribution in [1.82, 2.24) is 0 Å². The van der Waals surface area contributed by atoms with Gasteiger partial charge >= 0.3 is 0 Å². The number of hydrogen-bond acceptors (Lipinski definition) is 2. The maximum atomic E-state index is 4.77. The molecule has 0 amide bonds. The summed E-state index contributed by atoms with van der Waals surface area (Å²) in [6, 6.07) is 6.09. The SMILES string of the molecule is Cc1ccc(NC(=S)[S-])c(I)c1. The van der Waals surface area contributed by atoms with Crippen molar-refractivity contribution in [1.29, 1.82) is 0 Å². The van der Waals surface area contributed by atoms with Crippen LogP contribution in [0.25, 0.3) is 0 Å². The van der Waals surface area contributed by atoms with E-state index in [1.165, 1.54) is 5.56 Å². The second kappa shape index (κ2) is 4.34. The zero-order valence-corrected chi connectivity index (χ0v) is 10.2. The second-order valence-electron chi connectivity index (χ2n) is 2.40. The predicted molar refractivity (Wildman–Crippen MR) is 67.5 cm³/mol. The molecule has 0 fully saturated rings. The molecule has 12 heavy (non-hydrogen) atoms. The van der Waals surface area contributed by atoms with Crippen molar-refractivity contribution in [3.8, 4) is 0 Å². The molecule has 0 unspecified atom stereocenters. The number of benzene rings is 1. The largest absolute Gasteiger partial charge is 0.411 e. The first-order valence-corrected chi connectivity index (χ1v) is 5.23. The van der Waals surface area contributed by atoms with Gasteiger partial charge in [-0.2, -0.15) is 0 Å². The summed E-state index contributed by atoms with van der Waals surface area (Å²) in [7, 11) is 0. The van der Waals surface area contributed by atoms with E-state index >= 15 is 0 Å². The van der Waals surface area contributed by atoms with Gasteiger partial charge in [0.15, 0.2) is 0 Å². The third-order valence-corrected chi connectivity index (χ3v) is 2.46. The third kappa shape index (κ3) is 2.84. The molecule has 4 heteroatoms. The quantitative estimate of drug-likeness (QED) is 0.487. The summed E-state index contributed by atoms with van der Waals surface area (Å²) in [5, 5.41) is 2.94. The van der Waals surface area contributed by atoms with E-state index in [9.17, 15) is 0 Å². The van der Waals surface area contributed by atoms with Gasteiger partial charge in [0.25, 0.3) is 0 Å². The lowest BCUT2D eigenvalue weighted by Crippen LogP contribution is -2.05. The molecule has 0 saturated carbocycles. The Bertz CT molecular complexity index is 312. The van der Waals surface area contributed by atoms with Crippen LogP contribution in [-0.2, 0) is 12.6 Å². The van der Waals surface area contributed by atoms with Crippen molar-refractivity contribution in [2.75, 3.05) is 5.32 Å². The molecule has 0 aliphatic rings. The predicted octanol–water partition coefficient (Wildman–Crippen LogP) is 2.84. The molecule has 0 radical (unpaired) electrons. The van der Waals surface area contributed by atoms with E-state index in [0.717, 1.165) is 9.26 Å². The molecule has 1 aromatic carbocycles. The van der Waals surface area contributed by atoms with Gasteiger partial charge in [-0.3, -0.25) is 0 Å². The zero-order valence-electron chi connectivity index (χ0n) is 6.43. The summed E-state index contributed by atoms with van der Waals surface area (Å²) in [6.45, 7) is 2.05. The molecule has 0 bridgehead atoms. The highest BCUT2D eigenvalue weighted by atomic mass is 127. The number of hydrogen-bond donors (Lipinski definition) is 1. The molecule has 0 aromatic heterocycles. The van der Waals surface area contributed by atoms with Crippen molar-refractivity contribution in [2.45, 2.75) is 6.92 Å². The van der Waals surface area contributed by atoms with Crippen LogP contribution in [-0.4, -0.2) is 4.32 Å². The van der Waals surface area contributed by atoms with Gasteiger partial charge in [0.2, 0.25) is 0 Å². The summed E-state index contributed by atoms with van der Waals surface area (Å²) in [5.41, 5.74) is 2.22. The van der Waals surface area contributed by atoms with Crippen LogP contribution in [0.5, 0.6) is 0 Å². The van der Waals surface area contributed by atoms with Crippen molar-refractivity contribution in [3.05, 3.63) is 27.3 Å². The maximum absolute atomic E-state index is 4.77. The Morgan fingerprint density at radius 3 is 2.75 bits per heavy atom. The Morgan fingerprint density at radius 2 is 2.25 bits per heavy atom. The minimum absolute atomic E-state index is 0.386. The Balaban J connectivity index is 2.93. The maximum Gasteiger partial charge on any atom is 0.0507 e. The summed E-state index contributed by atoms with van der Waals surface area (Å²) >= 11 is 11.8. The molecule has 0 saturated heterocycles. The number of aryl methyl sites for hydroxylation is 1. The van der Waals surface area contributed by atoms with Crippen molar-refractivity contribution >= 4 is 57.4 Å². The molecular formula is C8H7INS2-. The van der Waals surface area contributed by atoms with E-state index < -0.39 is 0 Å². The molecule has 1 rings (SSSR count). The van der Waals surface area contributed by atoms with Gasteiger partial charge in [-0.1, -0.05) is 10.4 Å². The second-order valence-corrected chi connectivity index (χ2v) is 4.63. The van der Waals surface area contributed by atoms with Gasteiger partial charge in [-0.05, 0) is 47.2 Å². The number of nitrogens with one attached hydrogen (secondary N) is 1. The standard InChI is InChI=1S/C8H8INS2/c1-5-2-3-7(6(9)4-5)10-8(11)12/h2-4H,1H3,(H2,10,11,12)/p-1. The van der Waals surface area contributed by atoms with Crippen LogP contribution in [0.15, 0.2) is 18.2 Å². The zero-order chi connectivity index (χ0) is 9.14. The normalized spacial score (nSPS) is 9.50. The molecule has 0 aliphatic heterocycles. The smallest absolute Gasteiger partial charge is 0.0507 e. The van der Waals surface area contributed by atoms with E-state index in [2.05, 4.69) is 40.9 Å². The number of thiocarbonyl (C=S) groups is 1. The van der Waals surface area contributed by atoms with Crippen molar-refractivity contribution in [3.63, 3.8) is 0 Å². The monoisotopic (exact) mass is 308 g/mol. The van der Waals surface area contributed by atoms with Gasteiger partial charge in [0.1, 0.15) is 0 Å². The Kier molecular flexibility index (Phi) is 3.67. The minimum atomic E-state index is 0.386. The molecule has 1 nitrogen and oxygen atoms in total. The van der Waals surface area contributed by atoms with E-state index in [-0.39, 0.29) is 0 Å². The molecule has 64 valence electrons. The average Bonchev–Trinajstić information content (AvgIpc) is 1.94. The third-order valence-electron chi connectivity index (χ3n) is 1.36.